The standard InChI is InChI=1S/C18H24F2N4S.HI/c1-21-18(24(4)11-13-8-9-25-12-13)22-10-16(23(2)3)17-14(19)6-5-7-15(17)20;/h5-9,12,16H,10-11H2,1-4H3,(H,21,22);1H. The zero-order valence-electron chi connectivity index (χ0n) is 15.4. The van der Waals surface area contributed by atoms with Crippen LogP contribution in [-0.2, 0) is 6.54 Å². The van der Waals surface area contributed by atoms with Crippen LogP contribution in [0.1, 0.15) is 17.2 Å². The van der Waals surface area contributed by atoms with Crippen molar-refractivity contribution < 1.29 is 8.78 Å². The molecule has 0 bridgehead atoms. The Balaban J connectivity index is 0.00000338. The van der Waals surface area contributed by atoms with Crippen LogP contribution in [0.4, 0.5) is 8.78 Å². The van der Waals surface area contributed by atoms with Crippen LogP contribution < -0.4 is 5.32 Å². The molecule has 1 N–H and O–H groups in total. The molecule has 1 unspecified atom stereocenters. The highest BCUT2D eigenvalue weighted by molar-refractivity contribution is 14.0. The molecule has 0 saturated carbocycles. The van der Waals surface area contributed by atoms with Gasteiger partial charge in [-0.25, -0.2) is 8.78 Å². The van der Waals surface area contributed by atoms with Crippen LogP contribution in [0.25, 0.3) is 0 Å². The highest BCUT2D eigenvalue weighted by Gasteiger charge is 2.22. The van der Waals surface area contributed by atoms with Crippen molar-refractivity contribution in [2.45, 2.75) is 12.6 Å². The fraction of sp³-hybridized carbons (Fsp3) is 0.389. The Morgan fingerprint density at radius 1 is 1.19 bits per heavy atom. The van der Waals surface area contributed by atoms with Crippen molar-refractivity contribution in [3.63, 3.8) is 0 Å². The van der Waals surface area contributed by atoms with Gasteiger partial charge in [0.2, 0.25) is 0 Å². The van der Waals surface area contributed by atoms with Gasteiger partial charge in [-0.15, -0.1) is 24.0 Å². The van der Waals surface area contributed by atoms with Crippen LogP contribution in [0.15, 0.2) is 40.0 Å². The molecular formula is C18H25F2IN4S. The Morgan fingerprint density at radius 2 is 1.85 bits per heavy atom. The second-order valence-electron chi connectivity index (χ2n) is 6.03. The predicted octanol–water partition coefficient (Wildman–Crippen LogP) is 3.95. The molecule has 2 rings (SSSR count). The van der Waals surface area contributed by atoms with Crippen LogP contribution in [0.5, 0.6) is 0 Å². The monoisotopic (exact) mass is 494 g/mol. The summed E-state index contributed by atoms with van der Waals surface area (Å²) in [5.41, 5.74) is 1.26. The highest BCUT2D eigenvalue weighted by Crippen LogP contribution is 2.24. The van der Waals surface area contributed by atoms with Crippen molar-refractivity contribution in [2.75, 3.05) is 34.7 Å². The molecule has 1 atom stereocenters. The number of likely N-dealkylation sites (N-methyl/N-ethyl adjacent to an activating group) is 1. The van der Waals surface area contributed by atoms with Crippen LogP contribution in [-0.4, -0.2) is 50.5 Å². The van der Waals surface area contributed by atoms with Gasteiger partial charge in [-0.2, -0.15) is 11.3 Å². The van der Waals surface area contributed by atoms with Crippen LogP contribution in [0, 0.1) is 11.6 Å². The maximum Gasteiger partial charge on any atom is 0.193 e. The van der Waals surface area contributed by atoms with E-state index in [-0.39, 0.29) is 29.5 Å². The number of halogens is 3. The highest BCUT2D eigenvalue weighted by atomic mass is 127. The summed E-state index contributed by atoms with van der Waals surface area (Å²) in [6.07, 6.45) is 0. The first-order valence-corrected chi connectivity index (χ1v) is 8.91. The minimum Gasteiger partial charge on any atom is -0.354 e. The first kappa shape index (κ1) is 22.8. The van der Waals surface area contributed by atoms with Crippen molar-refractivity contribution in [1.82, 2.24) is 15.1 Å². The smallest absolute Gasteiger partial charge is 0.193 e. The van der Waals surface area contributed by atoms with Gasteiger partial charge in [0.1, 0.15) is 11.6 Å². The van der Waals surface area contributed by atoms with E-state index < -0.39 is 17.7 Å². The van der Waals surface area contributed by atoms with Crippen LogP contribution in [0.3, 0.4) is 0 Å². The molecule has 2 aromatic rings. The molecular weight excluding hydrogens is 469 g/mol. The third kappa shape index (κ3) is 5.88. The zero-order chi connectivity index (χ0) is 18.4. The molecule has 1 aromatic carbocycles. The summed E-state index contributed by atoms with van der Waals surface area (Å²) in [7, 11) is 7.23. The van der Waals surface area contributed by atoms with E-state index in [4.69, 9.17) is 0 Å². The number of nitrogens with zero attached hydrogens (tertiary/aromatic N) is 3. The lowest BCUT2D eigenvalue weighted by Crippen LogP contribution is -2.42. The molecule has 0 aliphatic heterocycles. The van der Waals surface area contributed by atoms with E-state index in [1.54, 1.807) is 37.4 Å². The summed E-state index contributed by atoms with van der Waals surface area (Å²) in [5, 5.41) is 7.33. The van der Waals surface area contributed by atoms with Gasteiger partial charge < -0.3 is 15.1 Å². The summed E-state index contributed by atoms with van der Waals surface area (Å²) in [6.45, 7) is 1.05. The largest absolute Gasteiger partial charge is 0.354 e. The summed E-state index contributed by atoms with van der Waals surface area (Å²) in [4.78, 5) is 8.04. The molecule has 0 fully saturated rings. The maximum atomic E-state index is 14.1. The molecule has 144 valence electrons. The van der Waals surface area contributed by atoms with E-state index in [2.05, 4.69) is 21.8 Å². The predicted molar refractivity (Wildman–Crippen MR) is 115 cm³/mol. The molecule has 0 aliphatic rings. The second-order valence-corrected chi connectivity index (χ2v) is 6.81. The van der Waals surface area contributed by atoms with Gasteiger partial charge in [-0.3, -0.25) is 4.99 Å². The van der Waals surface area contributed by atoms with Gasteiger partial charge in [0, 0.05) is 32.7 Å². The molecule has 0 spiro atoms. The lowest BCUT2D eigenvalue weighted by molar-refractivity contribution is 0.280. The van der Waals surface area contributed by atoms with Crippen molar-refractivity contribution >= 4 is 41.3 Å². The Labute approximate surface area is 174 Å². The molecule has 4 nitrogen and oxygen atoms in total. The molecule has 0 amide bonds. The SMILES string of the molecule is CN=C(NCC(c1c(F)cccc1F)N(C)C)N(C)Cc1ccsc1.I. The summed E-state index contributed by atoms with van der Waals surface area (Å²) < 4.78 is 28.3. The van der Waals surface area contributed by atoms with Crippen molar-refractivity contribution in [2.24, 2.45) is 4.99 Å². The molecule has 0 aliphatic carbocycles. The molecule has 26 heavy (non-hydrogen) atoms. The first-order valence-electron chi connectivity index (χ1n) is 7.97. The summed E-state index contributed by atoms with van der Waals surface area (Å²) in [5.74, 6) is -0.404. The maximum absolute atomic E-state index is 14.1. The summed E-state index contributed by atoms with van der Waals surface area (Å²) in [6, 6.07) is 5.56. The second kappa shape index (κ2) is 10.8. The van der Waals surface area contributed by atoms with Crippen LogP contribution >= 0.6 is 35.3 Å². The number of thiophene rings is 1. The number of hydrogen-bond acceptors (Lipinski definition) is 3. The average molecular weight is 494 g/mol. The van der Waals surface area contributed by atoms with Gasteiger partial charge in [0.25, 0.3) is 0 Å². The van der Waals surface area contributed by atoms with Crippen LogP contribution in [0.2, 0.25) is 0 Å². The van der Waals surface area contributed by atoms with Gasteiger partial charge in [-0.05, 0) is 48.6 Å². The van der Waals surface area contributed by atoms with Gasteiger partial charge in [0.15, 0.2) is 5.96 Å². The van der Waals surface area contributed by atoms with Crippen molar-refractivity contribution in [3.8, 4) is 0 Å². The third-order valence-corrected chi connectivity index (χ3v) is 4.72. The summed E-state index contributed by atoms with van der Waals surface area (Å²) >= 11 is 1.65. The van der Waals surface area contributed by atoms with E-state index in [0.717, 1.165) is 0 Å². The number of benzene rings is 1. The fourth-order valence-corrected chi connectivity index (χ4v) is 3.34. The van der Waals surface area contributed by atoms with E-state index in [0.29, 0.717) is 19.0 Å². The third-order valence-electron chi connectivity index (χ3n) is 3.98. The van der Waals surface area contributed by atoms with E-state index in [9.17, 15) is 8.78 Å². The number of guanidine groups is 1. The van der Waals surface area contributed by atoms with Gasteiger partial charge >= 0.3 is 0 Å². The number of aliphatic imine (C=N–C) groups is 1. The van der Waals surface area contributed by atoms with Crippen molar-refractivity contribution in [1.29, 1.82) is 0 Å². The quantitative estimate of drug-likeness (QED) is 0.375. The molecule has 1 heterocycles. The minimum absolute atomic E-state index is 0. The van der Waals surface area contributed by atoms with Gasteiger partial charge in [0.05, 0.1) is 6.04 Å². The first-order chi connectivity index (χ1) is 11.9. The number of nitrogens with one attached hydrogen (secondary N) is 1. The van der Waals surface area contributed by atoms with Crippen molar-refractivity contribution in [3.05, 3.63) is 57.8 Å². The Kier molecular flexibility index (Phi) is 9.45. The normalized spacial score (nSPS) is 12.7. The molecule has 0 radical (unpaired) electrons. The Hall–Kier alpha value is -1.26. The lowest BCUT2D eigenvalue weighted by Gasteiger charge is -2.28. The zero-order valence-corrected chi connectivity index (χ0v) is 18.5. The topological polar surface area (TPSA) is 30.9 Å². The molecule has 0 saturated heterocycles. The Bertz CT molecular complexity index is 687. The average Bonchev–Trinajstić information content (AvgIpc) is 3.06. The van der Waals surface area contributed by atoms with E-state index in [1.165, 1.54) is 23.8 Å². The lowest BCUT2D eigenvalue weighted by atomic mass is 10.0. The molecule has 1 aromatic heterocycles. The number of rotatable bonds is 6. The van der Waals surface area contributed by atoms with Gasteiger partial charge in [-0.1, -0.05) is 6.07 Å². The minimum atomic E-state index is -0.540. The fourth-order valence-electron chi connectivity index (χ4n) is 2.68. The number of hydrogen-bond donors (Lipinski definition) is 1. The van der Waals surface area contributed by atoms with E-state index in [1.807, 2.05) is 17.3 Å². The Morgan fingerprint density at radius 3 is 2.35 bits per heavy atom. The van der Waals surface area contributed by atoms with E-state index >= 15 is 0 Å². The molecule has 8 heteroatoms.